The van der Waals surface area contributed by atoms with Gasteiger partial charge in [-0.05, 0) is 12.1 Å². The third kappa shape index (κ3) is 4.52. The number of rotatable bonds is 2. The third-order valence-electron chi connectivity index (χ3n) is 2.62. The number of hydrogen-bond acceptors (Lipinski definition) is 5. The Hall–Kier alpha value is -0.0536. The monoisotopic (exact) mass is 390 g/mol. The van der Waals surface area contributed by atoms with Crippen LogP contribution in [0.1, 0.15) is 6.42 Å². The van der Waals surface area contributed by atoms with Gasteiger partial charge in [0, 0.05) is 6.07 Å². The third-order valence-corrected chi connectivity index (χ3v) is 3.45. The number of ether oxygens (including phenoxy) is 2. The molecule has 23 heavy (non-hydrogen) atoms. The van der Waals surface area contributed by atoms with Gasteiger partial charge < -0.3 is 14.0 Å². The van der Waals surface area contributed by atoms with Crippen LogP contribution >= 0.6 is 0 Å². The second-order valence-corrected chi connectivity index (χ2v) is 5.69. The normalized spacial score (nSPS) is 21.0. The van der Waals surface area contributed by atoms with E-state index >= 15 is 0 Å². The second-order valence-electron chi connectivity index (χ2n) is 4.31. The predicted molar refractivity (Wildman–Crippen MR) is 55.1 cm³/mol. The van der Waals surface area contributed by atoms with E-state index in [0.717, 1.165) is 0 Å². The molecule has 1 atom stereocenters. The maximum absolute atomic E-state index is 12.9. The summed E-state index contributed by atoms with van der Waals surface area (Å²) in [5, 5.41) is 0. The zero-order valence-corrected chi connectivity index (χ0v) is 15.1. The minimum Gasteiger partial charge on any atom is -0.744 e. The Labute approximate surface area is 168 Å². The van der Waals surface area contributed by atoms with Gasteiger partial charge in [-0.25, -0.2) is 8.42 Å². The van der Waals surface area contributed by atoms with Crippen LogP contribution in [0.5, 0.6) is 11.5 Å². The van der Waals surface area contributed by atoms with Crippen molar-refractivity contribution in [2.45, 2.75) is 29.5 Å². The fraction of sp³-hybridized carbons (Fsp3) is 0.400. The van der Waals surface area contributed by atoms with Crippen molar-refractivity contribution in [1.29, 1.82) is 0 Å². The minimum atomic E-state index is -5.56. The predicted octanol–water partition coefficient (Wildman–Crippen LogP) is -0.423. The molecule has 0 saturated carbocycles. The minimum absolute atomic E-state index is 0. The summed E-state index contributed by atoms with van der Waals surface area (Å²) in [5.74, 6) is -5.70. The quantitative estimate of drug-likeness (QED) is 0.390. The number of halogens is 6. The molecule has 0 bridgehead atoms. The molecule has 0 radical (unpaired) electrons. The van der Waals surface area contributed by atoms with Gasteiger partial charge in [-0.1, -0.05) is 0 Å². The number of hydrogen-bond donors (Lipinski definition) is 0. The van der Waals surface area contributed by atoms with E-state index in [1.54, 1.807) is 0 Å². The molecule has 5 nitrogen and oxygen atoms in total. The summed E-state index contributed by atoms with van der Waals surface area (Å²) < 4.78 is 117. The van der Waals surface area contributed by atoms with Crippen LogP contribution in [0.4, 0.5) is 26.3 Å². The molecule has 0 spiro atoms. The molecule has 1 unspecified atom stereocenters. The Morgan fingerprint density at radius 3 is 2.00 bits per heavy atom. The molecule has 124 valence electrons. The molecule has 0 saturated heterocycles. The number of alkyl halides is 6. The molecule has 0 aromatic heterocycles. The topological polar surface area (TPSA) is 75.7 Å². The first-order chi connectivity index (χ1) is 9.74. The van der Waals surface area contributed by atoms with Gasteiger partial charge in [0.2, 0.25) is 0 Å². The fourth-order valence-electron chi connectivity index (χ4n) is 1.74. The van der Waals surface area contributed by atoms with E-state index in [1.807, 2.05) is 0 Å². The van der Waals surface area contributed by atoms with Crippen molar-refractivity contribution in [2.75, 3.05) is 0 Å². The Bertz CT molecular complexity index is 701. The summed E-state index contributed by atoms with van der Waals surface area (Å²) in [5.41, 5.74) is 0. The van der Waals surface area contributed by atoms with Crippen LogP contribution in [0.3, 0.4) is 0 Å². The first-order valence-electron chi connectivity index (χ1n) is 5.35. The summed E-state index contributed by atoms with van der Waals surface area (Å²) in [7, 11) is -5.02. The van der Waals surface area contributed by atoms with Crippen LogP contribution in [-0.2, 0) is 10.1 Å². The Kier molecular flexibility index (Phi) is 5.79. The van der Waals surface area contributed by atoms with Crippen molar-refractivity contribution in [3.8, 4) is 11.5 Å². The maximum atomic E-state index is 12.9. The van der Waals surface area contributed by atoms with Crippen molar-refractivity contribution < 1.29 is 100 Å². The molecule has 1 aromatic rings. The molecule has 1 aliphatic rings. The van der Waals surface area contributed by atoms with Crippen molar-refractivity contribution in [1.82, 2.24) is 0 Å². The molecular weight excluding hydrogens is 385 g/mol. The van der Waals surface area contributed by atoms with Crippen LogP contribution in [0, 0.1) is 0 Å². The van der Waals surface area contributed by atoms with Crippen LogP contribution in [0.2, 0.25) is 0 Å². The summed E-state index contributed by atoms with van der Waals surface area (Å²) in [6.45, 7) is 0. The molecule has 0 fully saturated rings. The van der Waals surface area contributed by atoms with E-state index in [2.05, 4.69) is 9.47 Å². The van der Waals surface area contributed by atoms with E-state index in [4.69, 9.17) is 0 Å². The molecular formula is C10H5F6KO5S. The average molecular weight is 390 g/mol. The van der Waals surface area contributed by atoms with E-state index < -0.39 is 51.1 Å². The molecule has 1 heterocycles. The van der Waals surface area contributed by atoms with Gasteiger partial charge in [0.1, 0.15) is 16.5 Å². The molecule has 0 aliphatic carbocycles. The van der Waals surface area contributed by atoms with Crippen molar-refractivity contribution in [2.24, 2.45) is 0 Å². The van der Waals surface area contributed by atoms with Gasteiger partial charge in [0.05, 0.1) is 4.90 Å². The molecule has 0 N–H and O–H groups in total. The second kappa shape index (κ2) is 6.35. The SMILES string of the molecule is O=S(=O)([O-])c1ccc2c(c1)OC(CC(F)(F)F)(C(F)(F)F)O2.[K+]. The largest absolute Gasteiger partial charge is 1.00 e. The van der Waals surface area contributed by atoms with Crippen molar-refractivity contribution >= 4 is 10.1 Å². The van der Waals surface area contributed by atoms with E-state index in [0.29, 0.717) is 18.2 Å². The number of fused-ring (bicyclic) bond motifs is 1. The van der Waals surface area contributed by atoms with Gasteiger partial charge >= 0.3 is 69.5 Å². The first-order valence-corrected chi connectivity index (χ1v) is 6.76. The molecule has 1 aromatic carbocycles. The van der Waals surface area contributed by atoms with Gasteiger partial charge in [-0.15, -0.1) is 0 Å². The van der Waals surface area contributed by atoms with Gasteiger partial charge in [0.15, 0.2) is 11.5 Å². The van der Waals surface area contributed by atoms with Crippen molar-refractivity contribution in [3.05, 3.63) is 18.2 Å². The van der Waals surface area contributed by atoms with Crippen LogP contribution < -0.4 is 60.9 Å². The van der Waals surface area contributed by atoms with Gasteiger partial charge in [-0.3, -0.25) is 0 Å². The van der Waals surface area contributed by atoms with Crippen LogP contribution in [0.25, 0.3) is 0 Å². The van der Waals surface area contributed by atoms with Crippen LogP contribution in [0.15, 0.2) is 23.1 Å². The Morgan fingerprint density at radius 1 is 1.04 bits per heavy atom. The first kappa shape index (κ1) is 21.0. The Morgan fingerprint density at radius 2 is 1.57 bits per heavy atom. The molecule has 0 amide bonds. The fourth-order valence-corrected chi connectivity index (χ4v) is 2.22. The molecule has 13 heteroatoms. The zero-order chi connectivity index (χ0) is 17.0. The molecule has 1 aliphatic heterocycles. The van der Waals surface area contributed by atoms with Crippen LogP contribution in [-0.4, -0.2) is 31.1 Å². The summed E-state index contributed by atoms with van der Waals surface area (Å²) in [4.78, 5) is -0.958. The van der Waals surface area contributed by atoms with Gasteiger partial charge in [-0.2, -0.15) is 26.3 Å². The standard InChI is InChI=1S/C10H6F6O5S.K/c11-9(12,13)4-8(10(14,15)16)20-6-2-1-5(22(17,18)19)3-7(6)21-8;/h1-3H,4H2,(H,17,18,19);/q;+1/p-1. The van der Waals surface area contributed by atoms with E-state index in [9.17, 15) is 39.3 Å². The number of benzene rings is 1. The smallest absolute Gasteiger partial charge is 0.744 e. The summed E-state index contributed by atoms with van der Waals surface area (Å²) in [6, 6.07) is 1.59. The molecule has 2 rings (SSSR count). The maximum Gasteiger partial charge on any atom is 1.00 e. The van der Waals surface area contributed by atoms with Gasteiger partial charge in [0.25, 0.3) is 0 Å². The average Bonchev–Trinajstić information content (AvgIpc) is 2.62. The summed E-state index contributed by atoms with van der Waals surface area (Å²) >= 11 is 0. The summed E-state index contributed by atoms with van der Waals surface area (Å²) in [6.07, 6.45) is -13.3. The Balaban J connectivity index is 0.00000264. The zero-order valence-electron chi connectivity index (χ0n) is 11.2. The van der Waals surface area contributed by atoms with E-state index in [1.165, 1.54) is 0 Å². The van der Waals surface area contributed by atoms with Crippen molar-refractivity contribution in [3.63, 3.8) is 0 Å². The van der Waals surface area contributed by atoms with E-state index in [-0.39, 0.29) is 51.4 Å².